The number of hydrogen-bond donors (Lipinski definition) is 1. The second-order valence-corrected chi connectivity index (χ2v) is 6.84. The lowest BCUT2D eigenvalue weighted by atomic mass is 10.5. The molecule has 0 amide bonds. The standard InChI is InChI=1S/C10H15F3N2O2S2/c1-2-3-15(7-10(11,12)13)19(16,17)9-4-8(5-14)18-6-9/h4,6H,2-3,5,7,14H2,1H3. The first-order valence-corrected chi connectivity index (χ1v) is 7.87. The third kappa shape index (κ3) is 4.44. The van der Waals surface area contributed by atoms with E-state index in [2.05, 4.69) is 0 Å². The number of hydrogen-bond acceptors (Lipinski definition) is 4. The molecule has 0 fully saturated rings. The first-order chi connectivity index (χ1) is 8.70. The zero-order valence-corrected chi connectivity index (χ0v) is 11.9. The van der Waals surface area contributed by atoms with Crippen molar-refractivity contribution in [1.82, 2.24) is 4.31 Å². The van der Waals surface area contributed by atoms with E-state index in [4.69, 9.17) is 5.73 Å². The summed E-state index contributed by atoms with van der Waals surface area (Å²) in [6.07, 6.45) is -4.25. The molecule has 19 heavy (non-hydrogen) atoms. The van der Waals surface area contributed by atoms with Crippen LogP contribution in [0.25, 0.3) is 0 Å². The summed E-state index contributed by atoms with van der Waals surface area (Å²) in [5.41, 5.74) is 5.36. The second kappa shape index (κ2) is 6.21. The minimum absolute atomic E-state index is 0.129. The van der Waals surface area contributed by atoms with Crippen molar-refractivity contribution in [1.29, 1.82) is 0 Å². The molecule has 110 valence electrons. The summed E-state index contributed by atoms with van der Waals surface area (Å²) in [7, 11) is -4.12. The van der Waals surface area contributed by atoms with Gasteiger partial charge in [-0.1, -0.05) is 6.92 Å². The fourth-order valence-electron chi connectivity index (χ4n) is 1.49. The lowest BCUT2D eigenvalue weighted by Gasteiger charge is -2.22. The monoisotopic (exact) mass is 316 g/mol. The lowest BCUT2D eigenvalue weighted by Crippen LogP contribution is -2.39. The van der Waals surface area contributed by atoms with E-state index >= 15 is 0 Å². The van der Waals surface area contributed by atoms with Crippen molar-refractivity contribution in [3.63, 3.8) is 0 Å². The highest BCUT2D eigenvalue weighted by Gasteiger charge is 2.36. The summed E-state index contributed by atoms with van der Waals surface area (Å²) in [5, 5.41) is 1.32. The Morgan fingerprint density at radius 3 is 2.47 bits per heavy atom. The summed E-state index contributed by atoms with van der Waals surface area (Å²) in [6.45, 7) is 0.137. The van der Waals surface area contributed by atoms with Gasteiger partial charge in [-0.25, -0.2) is 8.42 Å². The fourth-order valence-corrected chi connectivity index (χ4v) is 4.15. The minimum Gasteiger partial charge on any atom is -0.326 e. The van der Waals surface area contributed by atoms with Crippen molar-refractivity contribution in [2.24, 2.45) is 5.73 Å². The van der Waals surface area contributed by atoms with Crippen molar-refractivity contribution in [3.8, 4) is 0 Å². The molecule has 0 aromatic carbocycles. The van der Waals surface area contributed by atoms with E-state index in [1.54, 1.807) is 6.92 Å². The summed E-state index contributed by atoms with van der Waals surface area (Å²) in [6, 6.07) is 1.32. The molecule has 0 spiro atoms. The maximum atomic E-state index is 12.4. The average molecular weight is 316 g/mol. The van der Waals surface area contributed by atoms with Crippen LogP contribution in [0.4, 0.5) is 13.2 Å². The van der Waals surface area contributed by atoms with Gasteiger partial charge in [0.1, 0.15) is 6.54 Å². The van der Waals surface area contributed by atoms with Crippen LogP contribution in [-0.4, -0.2) is 32.0 Å². The Kier molecular flexibility index (Phi) is 5.36. The Labute approximate surface area is 114 Å². The molecule has 2 N–H and O–H groups in total. The Morgan fingerprint density at radius 2 is 2.05 bits per heavy atom. The maximum absolute atomic E-state index is 12.4. The molecule has 9 heteroatoms. The molecular formula is C10H15F3N2O2S2. The average Bonchev–Trinajstić information content (AvgIpc) is 2.75. The van der Waals surface area contributed by atoms with Crippen LogP contribution >= 0.6 is 11.3 Å². The molecule has 0 saturated carbocycles. The molecule has 0 saturated heterocycles. The molecule has 1 aromatic rings. The van der Waals surface area contributed by atoms with Crippen molar-refractivity contribution in [2.45, 2.75) is 31.0 Å². The van der Waals surface area contributed by atoms with Crippen LogP contribution in [0.1, 0.15) is 18.2 Å². The van der Waals surface area contributed by atoms with E-state index in [9.17, 15) is 21.6 Å². The molecule has 0 bridgehead atoms. The van der Waals surface area contributed by atoms with Gasteiger partial charge in [-0.3, -0.25) is 0 Å². The van der Waals surface area contributed by atoms with E-state index in [0.717, 1.165) is 11.3 Å². The molecule has 0 aliphatic heterocycles. The van der Waals surface area contributed by atoms with Gasteiger partial charge in [0.2, 0.25) is 10.0 Å². The van der Waals surface area contributed by atoms with Gasteiger partial charge in [0.15, 0.2) is 0 Å². The molecule has 0 aliphatic rings. The Balaban J connectivity index is 3.05. The van der Waals surface area contributed by atoms with Crippen molar-refractivity contribution in [3.05, 3.63) is 16.3 Å². The molecule has 1 aromatic heterocycles. The third-order valence-electron chi connectivity index (χ3n) is 2.30. The highest BCUT2D eigenvalue weighted by Crippen LogP contribution is 2.26. The van der Waals surface area contributed by atoms with E-state index in [0.29, 0.717) is 15.6 Å². The van der Waals surface area contributed by atoms with Gasteiger partial charge < -0.3 is 5.73 Å². The zero-order valence-electron chi connectivity index (χ0n) is 10.3. The topological polar surface area (TPSA) is 63.4 Å². The maximum Gasteiger partial charge on any atom is 0.402 e. The largest absolute Gasteiger partial charge is 0.402 e. The van der Waals surface area contributed by atoms with Crippen LogP contribution in [0.15, 0.2) is 16.3 Å². The summed E-state index contributed by atoms with van der Waals surface area (Å²) in [4.78, 5) is 0.484. The SMILES string of the molecule is CCCN(CC(F)(F)F)S(=O)(=O)c1csc(CN)c1. The van der Waals surface area contributed by atoms with Gasteiger partial charge in [-0.2, -0.15) is 17.5 Å². The van der Waals surface area contributed by atoms with Crippen LogP contribution in [-0.2, 0) is 16.6 Å². The van der Waals surface area contributed by atoms with E-state index in [1.165, 1.54) is 11.4 Å². The van der Waals surface area contributed by atoms with Crippen LogP contribution in [0.3, 0.4) is 0 Å². The van der Waals surface area contributed by atoms with Crippen LogP contribution in [0.2, 0.25) is 0 Å². The molecule has 0 radical (unpaired) electrons. The molecule has 1 heterocycles. The normalized spacial score (nSPS) is 13.2. The van der Waals surface area contributed by atoms with E-state index < -0.39 is 22.7 Å². The van der Waals surface area contributed by atoms with Gasteiger partial charge in [0, 0.05) is 23.3 Å². The molecule has 4 nitrogen and oxygen atoms in total. The van der Waals surface area contributed by atoms with E-state index in [1.807, 2.05) is 0 Å². The van der Waals surface area contributed by atoms with Gasteiger partial charge in [0.25, 0.3) is 0 Å². The van der Waals surface area contributed by atoms with Crippen molar-refractivity contribution >= 4 is 21.4 Å². The Hall–Kier alpha value is -0.640. The number of nitrogens with two attached hydrogens (primary N) is 1. The van der Waals surface area contributed by atoms with Crippen molar-refractivity contribution < 1.29 is 21.6 Å². The number of halogens is 3. The van der Waals surface area contributed by atoms with Gasteiger partial charge in [-0.05, 0) is 12.5 Å². The Bertz CT molecular complexity index is 511. The first kappa shape index (κ1) is 16.4. The van der Waals surface area contributed by atoms with Crippen LogP contribution < -0.4 is 5.73 Å². The van der Waals surface area contributed by atoms with Gasteiger partial charge in [-0.15, -0.1) is 11.3 Å². The number of rotatable bonds is 6. The number of thiophene rings is 1. The number of alkyl halides is 3. The lowest BCUT2D eigenvalue weighted by molar-refractivity contribution is -0.136. The third-order valence-corrected chi connectivity index (χ3v) is 5.23. The number of sulfonamides is 1. The quantitative estimate of drug-likeness (QED) is 0.875. The summed E-state index contributed by atoms with van der Waals surface area (Å²) >= 11 is 1.12. The number of nitrogens with zero attached hydrogens (tertiary/aromatic N) is 1. The second-order valence-electron chi connectivity index (χ2n) is 3.91. The summed E-state index contributed by atoms with van der Waals surface area (Å²) < 4.78 is 62.0. The Morgan fingerprint density at radius 1 is 1.42 bits per heavy atom. The molecular weight excluding hydrogens is 301 g/mol. The van der Waals surface area contributed by atoms with Gasteiger partial charge >= 0.3 is 6.18 Å². The highest BCUT2D eigenvalue weighted by molar-refractivity contribution is 7.89. The molecule has 1 rings (SSSR count). The molecule has 0 aliphatic carbocycles. The predicted molar refractivity (Wildman–Crippen MR) is 67.3 cm³/mol. The predicted octanol–water partition coefficient (Wildman–Crippen LogP) is 2.17. The first-order valence-electron chi connectivity index (χ1n) is 5.55. The highest BCUT2D eigenvalue weighted by atomic mass is 32.2. The zero-order chi connectivity index (χ0) is 14.7. The van der Waals surface area contributed by atoms with E-state index in [-0.39, 0.29) is 18.0 Å². The minimum atomic E-state index is -4.56. The van der Waals surface area contributed by atoms with Gasteiger partial charge in [0.05, 0.1) is 4.90 Å². The fraction of sp³-hybridized carbons (Fsp3) is 0.600. The smallest absolute Gasteiger partial charge is 0.326 e. The van der Waals surface area contributed by atoms with Crippen LogP contribution in [0.5, 0.6) is 0 Å². The molecule has 0 unspecified atom stereocenters. The van der Waals surface area contributed by atoms with Crippen molar-refractivity contribution in [2.75, 3.05) is 13.1 Å². The molecule has 0 atom stereocenters. The summed E-state index contributed by atoms with van der Waals surface area (Å²) in [5.74, 6) is 0. The van der Waals surface area contributed by atoms with Crippen LogP contribution in [0, 0.1) is 0 Å².